The van der Waals surface area contributed by atoms with Gasteiger partial charge in [-0.3, -0.25) is 4.21 Å². The average Bonchev–Trinajstić information content (AvgIpc) is 2.68. The van der Waals surface area contributed by atoms with Crippen molar-refractivity contribution in [2.24, 2.45) is 5.73 Å². The lowest BCUT2D eigenvalue weighted by molar-refractivity contribution is 0.458. The van der Waals surface area contributed by atoms with Crippen LogP contribution in [0.4, 0.5) is 6.01 Å². The predicted octanol–water partition coefficient (Wildman–Crippen LogP) is -0.342. The van der Waals surface area contributed by atoms with Crippen molar-refractivity contribution in [3.63, 3.8) is 0 Å². The zero-order valence-electron chi connectivity index (χ0n) is 8.55. The summed E-state index contributed by atoms with van der Waals surface area (Å²) in [6.45, 7) is 3.20. The highest BCUT2D eigenvalue weighted by molar-refractivity contribution is 7.85. The van der Waals surface area contributed by atoms with E-state index < -0.39 is 10.8 Å². The third-order valence-electron chi connectivity index (χ3n) is 2.27. The summed E-state index contributed by atoms with van der Waals surface area (Å²) >= 11 is 0. The Morgan fingerprint density at radius 1 is 1.47 bits per heavy atom. The molecule has 0 radical (unpaired) electrons. The van der Waals surface area contributed by atoms with Gasteiger partial charge in [-0.1, -0.05) is 5.10 Å². The monoisotopic (exact) mass is 230 g/mol. The van der Waals surface area contributed by atoms with E-state index in [0.29, 0.717) is 36.5 Å². The lowest BCUT2D eigenvalue weighted by Gasteiger charge is -2.23. The van der Waals surface area contributed by atoms with Crippen LogP contribution in [-0.4, -0.2) is 39.0 Å². The Hall–Kier alpha value is -0.950. The summed E-state index contributed by atoms with van der Waals surface area (Å²) in [7, 11) is -0.693. The topological polar surface area (TPSA) is 85.2 Å². The van der Waals surface area contributed by atoms with E-state index in [1.165, 1.54) is 0 Å². The van der Waals surface area contributed by atoms with Crippen LogP contribution in [0.3, 0.4) is 0 Å². The first-order valence-electron chi connectivity index (χ1n) is 4.85. The van der Waals surface area contributed by atoms with E-state index in [0.717, 1.165) is 0 Å². The van der Waals surface area contributed by atoms with Gasteiger partial charge in [-0.05, 0) is 6.92 Å². The maximum atomic E-state index is 11.2. The Kier molecular flexibility index (Phi) is 3.01. The van der Waals surface area contributed by atoms with Crippen LogP contribution < -0.4 is 10.6 Å². The molecule has 84 valence electrons. The van der Waals surface area contributed by atoms with Crippen molar-refractivity contribution < 1.29 is 8.63 Å². The molecule has 15 heavy (non-hydrogen) atoms. The zero-order valence-corrected chi connectivity index (χ0v) is 9.37. The molecule has 1 aliphatic heterocycles. The van der Waals surface area contributed by atoms with Gasteiger partial charge in [0.1, 0.15) is 0 Å². The van der Waals surface area contributed by atoms with Crippen molar-refractivity contribution in [1.29, 1.82) is 0 Å². The molecule has 0 saturated carbocycles. The summed E-state index contributed by atoms with van der Waals surface area (Å²) in [5, 5.41) is 7.77. The molecule has 0 aliphatic carbocycles. The molecule has 1 aliphatic rings. The maximum Gasteiger partial charge on any atom is 0.318 e. The van der Waals surface area contributed by atoms with Gasteiger partial charge in [-0.2, -0.15) is 0 Å². The summed E-state index contributed by atoms with van der Waals surface area (Å²) in [6, 6.07) is 0.240. The fourth-order valence-electron chi connectivity index (χ4n) is 1.37. The first kappa shape index (κ1) is 10.6. The molecule has 7 heteroatoms. The number of aromatic nitrogens is 2. The molecule has 2 N–H and O–H groups in total. The first-order valence-corrected chi connectivity index (χ1v) is 6.34. The Morgan fingerprint density at radius 3 is 2.67 bits per heavy atom. The SMILES string of the molecule is CC(N)c1nnc(N2CCS(=O)CC2)o1. The molecule has 2 rings (SSSR count). The molecule has 1 unspecified atom stereocenters. The van der Waals surface area contributed by atoms with Crippen molar-refractivity contribution >= 4 is 16.8 Å². The van der Waals surface area contributed by atoms with Crippen LogP contribution in [0.15, 0.2) is 4.42 Å². The average molecular weight is 230 g/mol. The summed E-state index contributed by atoms with van der Waals surface area (Å²) in [6.07, 6.45) is 0. The zero-order chi connectivity index (χ0) is 10.8. The highest BCUT2D eigenvalue weighted by Crippen LogP contribution is 2.17. The number of rotatable bonds is 2. The van der Waals surface area contributed by atoms with Gasteiger partial charge in [0.05, 0.1) is 6.04 Å². The van der Waals surface area contributed by atoms with Crippen LogP contribution in [0.2, 0.25) is 0 Å². The van der Waals surface area contributed by atoms with E-state index in [2.05, 4.69) is 10.2 Å². The van der Waals surface area contributed by atoms with Gasteiger partial charge in [-0.15, -0.1) is 5.10 Å². The normalized spacial score (nSPS) is 20.5. The molecule has 0 aromatic carbocycles. The Morgan fingerprint density at radius 2 is 2.13 bits per heavy atom. The van der Waals surface area contributed by atoms with Gasteiger partial charge in [0.15, 0.2) is 0 Å². The molecular formula is C8H14N4O2S. The highest BCUT2D eigenvalue weighted by Gasteiger charge is 2.20. The predicted molar refractivity (Wildman–Crippen MR) is 57.0 cm³/mol. The Balaban J connectivity index is 2.06. The van der Waals surface area contributed by atoms with Crippen molar-refractivity contribution in [2.75, 3.05) is 29.5 Å². The molecule has 0 spiro atoms. The van der Waals surface area contributed by atoms with Crippen molar-refractivity contribution in [2.45, 2.75) is 13.0 Å². The van der Waals surface area contributed by atoms with E-state index in [1.54, 1.807) is 6.92 Å². The molecule has 1 aromatic rings. The highest BCUT2D eigenvalue weighted by atomic mass is 32.2. The number of nitrogens with zero attached hydrogens (tertiary/aromatic N) is 3. The quantitative estimate of drug-likeness (QED) is 0.748. The van der Waals surface area contributed by atoms with Crippen LogP contribution in [0.5, 0.6) is 0 Å². The van der Waals surface area contributed by atoms with Gasteiger partial charge in [0, 0.05) is 35.4 Å². The largest absolute Gasteiger partial charge is 0.406 e. The van der Waals surface area contributed by atoms with Crippen LogP contribution in [-0.2, 0) is 10.8 Å². The van der Waals surface area contributed by atoms with Gasteiger partial charge >= 0.3 is 6.01 Å². The minimum Gasteiger partial charge on any atom is -0.406 e. The molecule has 6 nitrogen and oxygen atoms in total. The Labute approximate surface area is 90.3 Å². The molecule has 1 fully saturated rings. The smallest absolute Gasteiger partial charge is 0.318 e. The summed E-state index contributed by atoms with van der Waals surface area (Å²) in [4.78, 5) is 1.94. The number of anilines is 1. The first-order chi connectivity index (χ1) is 7.16. The second-order valence-electron chi connectivity index (χ2n) is 3.55. The number of hydrogen-bond acceptors (Lipinski definition) is 6. The van der Waals surface area contributed by atoms with Crippen LogP contribution in [0.25, 0.3) is 0 Å². The fourth-order valence-corrected chi connectivity index (χ4v) is 2.42. The van der Waals surface area contributed by atoms with Crippen molar-refractivity contribution in [3.05, 3.63) is 5.89 Å². The lowest BCUT2D eigenvalue weighted by Crippen LogP contribution is -2.37. The standard InChI is InChI=1S/C8H14N4O2S/c1-6(9)7-10-11-8(14-7)12-2-4-15(13)5-3-12/h6H,2-5,9H2,1H3. The van der Waals surface area contributed by atoms with E-state index >= 15 is 0 Å². The molecule has 1 saturated heterocycles. The minimum absolute atomic E-state index is 0.245. The van der Waals surface area contributed by atoms with E-state index in [9.17, 15) is 4.21 Å². The molecule has 1 atom stereocenters. The van der Waals surface area contributed by atoms with E-state index in [1.807, 2.05) is 4.90 Å². The molecule has 0 amide bonds. The molecule has 0 bridgehead atoms. The van der Waals surface area contributed by atoms with Gasteiger partial charge < -0.3 is 15.1 Å². The second-order valence-corrected chi connectivity index (χ2v) is 5.24. The Bertz CT molecular complexity index is 355. The van der Waals surface area contributed by atoms with Crippen LogP contribution >= 0.6 is 0 Å². The summed E-state index contributed by atoms with van der Waals surface area (Å²) in [5.41, 5.74) is 5.62. The molecular weight excluding hydrogens is 216 g/mol. The second kappa shape index (κ2) is 4.28. The maximum absolute atomic E-state index is 11.2. The third-order valence-corrected chi connectivity index (χ3v) is 3.54. The minimum atomic E-state index is -0.693. The van der Waals surface area contributed by atoms with E-state index in [4.69, 9.17) is 10.2 Å². The summed E-state index contributed by atoms with van der Waals surface area (Å²) < 4.78 is 16.6. The van der Waals surface area contributed by atoms with Crippen molar-refractivity contribution in [3.8, 4) is 0 Å². The van der Waals surface area contributed by atoms with Crippen LogP contribution in [0.1, 0.15) is 18.9 Å². The van der Waals surface area contributed by atoms with E-state index in [-0.39, 0.29) is 6.04 Å². The fraction of sp³-hybridized carbons (Fsp3) is 0.750. The summed E-state index contributed by atoms with van der Waals surface area (Å²) in [5.74, 6) is 1.77. The van der Waals surface area contributed by atoms with Crippen molar-refractivity contribution in [1.82, 2.24) is 10.2 Å². The molecule has 1 aromatic heterocycles. The van der Waals surface area contributed by atoms with Gasteiger partial charge in [0.25, 0.3) is 0 Å². The number of nitrogens with two attached hydrogens (primary N) is 1. The lowest BCUT2D eigenvalue weighted by atomic mass is 10.4. The van der Waals surface area contributed by atoms with Gasteiger partial charge in [0.2, 0.25) is 5.89 Å². The number of hydrogen-bond donors (Lipinski definition) is 1. The molecule has 2 heterocycles. The van der Waals surface area contributed by atoms with Gasteiger partial charge in [-0.25, -0.2) is 0 Å². The third kappa shape index (κ3) is 2.35. The van der Waals surface area contributed by atoms with Crippen LogP contribution in [0, 0.1) is 0 Å².